The predicted octanol–water partition coefficient (Wildman–Crippen LogP) is 4.91. The average Bonchev–Trinajstić information content (AvgIpc) is 2.51. The third kappa shape index (κ3) is 5.66. The number of benzene rings is 2. The minimum atomic E-state index is -3.50. The van der Waals surface area contributed by atoms with Gasteiger partial charge >= 0.3 is 5.97 Å². The Kier molecular flexibility index (Phi) is 6.50. The number of hydrogen-bond donors (Lipinski definition) is 2. The van der Waals surface area contributed by atoms with Gasteiger partial charge in [0.05, 0.1) is 11.4 Å². The lowest BCUT2D eigenvalue weighted by Crippen LogP contribution is -2.20. The Morgan fingerprint density at radius 1 is 1.17 bits per heavy atom. The van der Waals surface area contributed by atoms with Crippen LogP contribution in [0, 0.1) is 11.8 Å². The minimum Gasteiger partial charge on any atom is -0.481 e. The van der Waals surface area contributed by atoms with Crippen molar-refractivity contribution in [1.29, 1.82) is 0 Å². The molecule has 2 unspecified atom stereocenters. The smallest absolute Gasteiger partial charge is 0.307 e. The first-order chi connectivity index (χ1) is 11.3. The highest BCUT2D eigenvalue weighted by atomic mass is 32.2. The second-order valence-corrected chi connectivity index (χ2v) is 10.3. The summed E-state index contributed by atoms with van der Waals surface area (Å²) in [5.74, 6) is -1.58. The van der Waals surface area contributed by atoms with Gasteiger partial charge in [0, 0.05) is 11.1 Å². The molecule has 0 fully saturated rings. The molecule has 2 atom stereocenters. The van der Waals surface area contributed by atoms with Crippen molar-refractivity contribution in [3.63, 3.8) is 0 Å². The lowest BCUT2D eigenvalue weighted by Gasteiger charge is -2.18. The van der Waals surface area contributed by atoms with E-state index in [0.717, 1.165) is 15.7 Å². The summed E-state index contributed by atoms with van der Waals surface area (Å²) in [6.07, 6.45) is 0.252. The zero-order valence-corrected chi connectivity index (χ0v) is 15.6. The average molecular weight is 366 g/mol. The number of thioether (sulfide) groups is 1. The first-order valence-electron chi connectivity index (χ1n) is 7.92. The van der Waals surface area contributed by atoms with Crippen LogP contribution in [0.5, 0.6) is 0 Å². The van der Waals surface area contributed by atoms with E-state index in [0.29, 0.717) is 6.42 Å². The van der Waals surface area contributed by atoms with Crippen molar-refractivity contribution in [3.05, 3.63) is 42.5 Å². The van der Waals surface area contributed by atoms with Crippen molar-refractivity contribution in [2.45, 2.75) is 25.2 Å². The van der Waals surface area contributed by atoms with Crippen LogP contribution in [0.15, 0.2) is 47.4 Å². The maximum atomic E-state index is 12.4. The molecule has 130 valence electrons. The summed E-state index contributed by atoms with van der Waals surface area (Å²) < 4.78 is 12.4. The van der Waals surface area contributed by atoms with Gasteiger partial charge in [0.2, 0.25) is 7.37 Å². The van der Waals surface area contributed by atoms with Crippen molar-refractivity contribution >= 4 is 35.9 Å². The van der Waals surface area contributed by atoms with Crippen LogP contribution in [0.1, 0.15) is 20.3 Å². The summed E-state index contributed by atoms with van der Waals surface area (Å²) in [5, 5.41) is 11.5. The van der Waals surface area contributed by atoms with Crippen LogP contribution in [0.4, 0.5) is 0 Å². The summed E-state index contributed by atoms with van der Waals surface area (Å²) in [6, 6.07) is 13.8. The third-order valence-electron chi connectivity index (χ3n) is 3.76. The van der Waals surface area contributed by atoms with Crippen molar-refractivity contribution < 1.29 is 19.4 Å². The summed E-state index contributed by atoms with van der Waals surface area (Å²) in [4.78, 5) is 22.4. The van der Waals surface area contributed by atoms with E-state index in [2.05, 4.69) is 0 Å². The minimum absolute atomic E-state index is 0.0349. The Hall–Kier alpha value is -1.29. The summed E-state index contributed by atoms with van der Waals surface area (Å²) in [6.45, 7) is 3.84. The Morgan fingerprint density at radius 3 is 2.46 bits per heavy atom. The third-order valence-corrected chi connectivity index (χ3v) is 7.49. The molecule has 4 nitrogen and oxygen atoms in total. The molecule has 0 saturated heterocycles. The summed E-state index contributed by atoms with van der Waals surface area (Å²) in [5.41, 5.74) is 0.0349. The van der Waals surface area contributed by atoms with E-state index < -0.39 is 19.3 Å². The van der Waals surface area contributed by atoms with Gasteiger partial charge in [0.15, 0.2) is 0 Å². The van der Waals surface area contributed by atoms with Gasteiger partial charge in [-0.05, 0) is 35.2 Å². The first-order valence-corrected chi connectivity index (χ1v) is 10.9. The van der Waals surface area contributed by atoms with Crippen LogP contribution in [0.25, 0.3) is 10.8 Å². The number of hydrogen-bond acceptors (Lipinski definition) is 3. The maximum absolute atomic E-state index is 12.4. The maximum Gasteiger partial charge on any atom is 0.307 e. The molecule has 6 heteroatoms. The standard InChI is InChI=1S/C18H23O4PS/c1-13(2)9-16(18(19)20)11-23(21,22)12-24-17-8-7-14-5-3-4-6-15(14)10-17/h3-8,10,13,16H,9,11-12H2,1-2H3,(H,19,20)(H,21,22). The van der Waals surface area contributed by atoms with Crippen molar-refractivity contribution in [1.82, 2.24) is 0 Å². The lowest BCUT2D eigenvalue weighted by molar-refractivity contribution is -0.141. The molecule has 0 heterocycles. The summed E-state index contributed by atoms with van der Waals surface area (Å²) in [7, 11) is -3.50. The topological polar surface area (TPSA) is 74.6 Å². The Balaban J connectivity index is 2.02. The molecule has 0 aromatic heterocycles. The first kappa shape index (κ1) is 19.0. The van der Waals surface area contributed by atoms with Crippen LogP contribution in [0.2, 0.25) is 0 Å². The molecule has 2 rings (SSSR count). The number of carbonyl (C=O) groups is 1. The van der Waals surface area contributed by atoms with Gasteiger partial charge in [-0.15, -0.1) is 11.8 Å². The van der Waals surface area contributed by atoms with E-state index >= 15 is 0 Å². The van der Waals surface area contributed by atoms with E-state index in [4.69, 9.17) is 0 Å². The number of rotatable bonds is 8. The van der Waals surface area contributed by atoms with Crippen molar-refractivity contribution in [2.24, 2.45) is 11.8 Å². The van der Waals surface area contributed by atoms with Crippen molar-refractivity contribution in [3.8, 4) is 0 Å². The zero-order valence-electron chi connectivity index (χ0n) is 13.9. The molecular weight excluding hydrogens is 343 g/mol. The Morgan fingerprint density at radius 2 is 1.83 bits per heavy atom. The fourth-order valence-corrected chi connectivity index (χ4v) is 5.85. The van der Waals surface area contributed by atoms with Crippen LogP contribution < -0.4 is 0 Å². The van der Waals surface area contributed by atoms with Gasteiger partial charge in [-0.25, -0.2) is 0 Å². The number of fused-ring (bicyclic) bond motifs is 1. The molecule has 2 aromatic rings. The van der Waals surface area contributed by atoms with Crippen LogP contribution in [-0.4, -0.2) is 27.6 Å². The molecule has 0 saturated carbocycles. The molecule has 0 amide bonds. The quantitative estimate of drug-likeness (QED) is 0.513. The molecule has 0 aliphatic heterocycles. The van der Waals surface area contributed by atoms with Gasteiger partial charge in [-0.1, -0.05) is 44.2 Å². The van der Waals surface area contributed by atoms with E-state index in [-0.39, 0.29) is 17.6 Å². The molecule has 0 radical (unpaired) electrons. The fourth-order valence-electron chi connectivity index (χ4n) is 2.65. The van der Waals surface area contributed by atoms with E-state index in [1.54, 1.807) is 0 Å². The molecular formula is C18H23O4PS. The number of carboxylic acid groups (broad SMARTS) is 1. The SMILES string of the molecule is CC(C)CC(CP(=O)(O)CSc1ccc2ccccc2c1)C(=O)O. The lowest BCUT2D eigenvalue weighted by atomic mass is 9.99. The molecule has 2 N–H and O–H groups in total. The highest BCUT2D eigenvalue weighted by molar-refractivity contribution is 8.05. The fraction of sp³-hybridized carbons (Fsp3) is 0.389. The van der Waals surface area contributed by atoms with Gasteiger partial charge in [-0.3, -0.25) is 9.36 Å². The van der Waals surface area contributed by atoms with Crippen molar-refractivity contribution in [2.75, 3.05) is 11.7 Å². The predicted molar refractivity (Wildman–Crippen MR) is 99.9 cm³/mol. The molecule has 2 aromatic carbocycles. The Labute approximate surface area is 146 Å². The molecule has 0 aliphatic rings. The normalized spacial score (nSPS) is 15.3. The van der Waals surface area contributed by atoms with Crippen LogP contribution in [-0.2, 0) is 9.36 Å². The number of aliphatic carboxylic acids is 1. The van der Waals surface area contributed by atoms with E-state index in [9.17, 15) is 19.4 Å². The highest BCUT2D eigenvalue weighted by Gasteiger charge is 2.29. The number of carboxylic acids is 1. The van der Waals surface area contributed by atoms with Gasteiger partial charge in [-0.2, -0.15) is 0 Å². The molecule has 0 aliphatic carbocycles. The zero-order chi connectivity index (χ0) is 17.7. The summed E-state index contributed by atoms with van der Waals surface area (Å²) >= 11 is 1.31. The molecule has 0 bridgehead atoms. The molecule has 24 heavy (non-hydrogen) atoms. The monoisotopic (exact) mass is 366 g/mol. The van der Waals surface area contributed by atoms with E-state index in [1.165, 1.54) is 11.8 Å². The molecule has 0 spiro atoms. The van der Waals surface area contributed by atoms with Gasteiger partial charge in [0.1, 0.15) is 0 Å². The highest BCUT2D eigenvalue weighted by Crippen LogP contribution is 2.48. The largest absolute Gasteiger partial charge is 0.481 e. The van der Waals surface area contributed by atoms with Gasteiger partial charge < -0.3 is 10.00 Å². The van der Waals surface area contributed by atoms with E-state index in [1.807, 2.05) is 56.3 Å². The van der Waals surface area contributed by atoms with Gasteiger partial charge in [0.25, 0.3) is 0 Å². The second-order valence-electron chi connectivity index (χ2n) is 6.48. The Bertz CT molecular complexity index is 760. The van der Waals surface area contributed by atoms with Crippen LogP contribution >= 0.6 is 19.1 Å². The van der Waals surface area contributed by atoms with Crippen LogP contribution in [0.3, 0.4) is 0 Å². The second kappa shape index (κ2) is 8.19.